The van der Waals surface area contributed by atoms with Gasteiger partial charge in [-0.3, -0.25) is 4.79 Å². The summed E-state index contributed by atoms with van der Waals surface area (Å²) in [6.07, 6.45) is 2.07. The first-order valence-electron chi connectivity index (χ1n) is 5.76. The number of hydrogen-bond donors (Lipinski definition) is 0. The number of carbonyl (C=O) groups is 1. The monoisotopic (exact) mass is 315 g/mol. The third-order valence-electron chi connectivity index (χ3n) is 3.22. The van der Waals surface area contributed by atoms with Gasteiger partial charge in [0.15, 0.2) is 0 Å². The number of aryl methyl sites for hydroxylation is 1. The van der Waals surface area contributed by atoms with Crippen molar-refractivity contribution in [2.24, 2.45) is 0 Å². The molecule has 17 heavy (non-hydrogen) atoms. The molecule has 0 aliphatic carbocycles. The van der Waals surface area contributed by atoms with E-state index in [-0.39, 0.29) is 11.9 Å². The Morgan fingerprint density at radius 2 is 2.35 bits per heavy atom. The van der Waals surface area contributed by atoms with Gasteiger partial charge in [-0.15, -0.1) is 11.6 Å². The summed E-state index contributed by atoms with van der Waals surface area (Å²) in [5, 5.41) is 0. The van der Waals surface area contributed by atoms with Crippen LogP contribution in [0.1, 0.15) is 28.8 Å². The average Bonchev–Trinajstić information content (AvgIpc) is 2.80. The molecule has 1 heterocycles. The highest BCUT2D eigenvalue weighted by Gasteiger charge is 2.28. The highest BCUT2D eigenvalue weighted by molar-refractivity contribution is 9.10. The van der Waals surface area contributed by atoms with Gasteiger partial charge in [-0.25, -0.2) is 0 Å². The molecule has 1 aliphatic heterocycles. The summed E-state index contributed by atoms with van der Waals surface area (Å²) in [6, 6.07) is 5.92. The molecule has 2 rings (SSSR count). The molecule has 1 atom stereocenters. The summed E-state index contributed by atoms with van der Waals surface area (Å²) >= 11 is 9.33. The number of likely N-dealkylation sites (tertiary alicyclic amines) is 1. The predicted molar refractivity (Wildman–Crippen MR) is 73.7 cm³/mol. The zero-order chi connectivity index (χ0) is 12.4. The first-order chi connectivity index (χ1) is 8.13. The van der Waals surface area contributed by atoms with E-state index < -0.39 is 0 Å². The van der Waals surface area contributed by atoms with E-state index >= 15 is 0 Å². The van der Waals surface area contributed by atoms with Gasteiger partial charge in [-0.2, -0.15) is 0 Å². The number of halogens is 2. The molecule has 1 aromatic carbocycles. The van der Waals surface area contributed by atoms with Crippen LogP contribution in [-0.4, -0.2) is 29.3 Å². The Morgan fingerprint density at radius 1 is 1.59 bits per heavy atom. The summed E-state index contributed by atoms with van der Waals surface area (Å²) in [7, 11) is 0. The third kappa shape index (κ3) is 2.66. The molecule has 0 saturated carbocycles. The second-order valence-electron chi connectivity index (χ2n) is 4.41. The van der Waals surface area contributed by atoms with Gasteiger partial charge in [-0.1, -0.05) is 15.9 Å². The molecular formula is C13H15BrClNO. The minimum absolute atomic E-state index is 0.101. The van der Waals surface area contributed by atoms with E-state index in [0.717, 1.165) is 35.0 Å². The minimum Gasteiger partial charge on any atom is -0.334 e. The van der Waals surface area contributed by atoms with Crippen LogP contribution in [0.25, 0.3) is 0 Å². The molecule has 1 amide bonds. The highest BCUT2D eigenvalue weighted by Crippen LogP contribution is 2.23. The summed E-state index contributed by atoms with van der Waals surface area (Å²) < 4.78 is 1.03. The topological polar surface area (TPSA) is 20.3 Å². The normalized spacial score (nSPS) is 19.7. The van der Waals surface area contributed by atoms with Gasteiger partial charge < -0.3 is 4.90 Å². The quantitative estimate of drug-likeness (QED) is 0.763. The number of carbonyl (C=O) groups excluding carboxylic acids is 1. The van der Waals surface area contributed by atoms with Crippen molar-refractivity contribution < 1.29 is 4.79 Å². The molecule has 0 spiro atoms. The molecular weight excluding hydrogens is 302 g/mol. The summed E-state index contributed by atoms with van der Waals surface area (Å²) in [4.78, 5) is 14.2. The predicted octanol–water partition coefficient (Wildman–Crippen LogP) is 3.60. The molecule has 0 radical (unpaired) electrons. The molecule has 1 aromatic rings. The van der Waals surface area contributed by atoms with Crippen LogP contribution in [0.15, 0.2) is 22.7 Å². The molecule has 0 aromatic heterocycles. The highest BCUT2D eigenvalue weighted by atomic mass is 79.9. The maximum atomic E-state index is 12.3. The maximum absolute atomic E-state index is 12.3. The van der Waals surface area contributed by atoms with E-state index in [1.54, 1.807) is 0 Å². The SMILES string of the molecule is Cc1cc(C(=O)N2CCCC2CCl)ccc1Br. The fourth-order valence-electron chi connectivity index (χ4n) is 2.21. The van der Waals surface area contributed by atoms with Crippen LogP contribution < -0.4 is 0 Å². The second-order valence-corrected chi connectivity index (χ2v) is 5.58. The van der Waals surface area contributed by atoms with Crippen LogP contribution in [-0.2, 0) is 0 Å². The summed E-state index contributed by atoms with van der Waals surface area (Å²) in [5.41, 5.74) is 1.83. The summed E-state index contributed by atoms with van der Waals surface area (Å²) in [6.45, 7) is 2.81. The number of rotatable bonds is 2. The largest absolute Gasteiger partial charge is 0.334 e. The lowest BCUT2D eigenvalue weighted by molar-refractivity contribution is 0.0749. The van der Waals surface area contributed by atoms with Crippen LogP contribution in [0.2, 0.25) is 0 Å². The van der Waals surface area contributed by atoms with Gasteiger partial charge in [-0.05, 0) is 43.5 Å². The molecule has 1 aliphatic rings. The minimum atomic E-state index is 0.101. The molecule has 1 saturated heterocycles. The van der Waals surface area contributed by atoms with E-state index in [9.17, 15) is 4.79 Å². The Hall–Kier alpha value is -0.540. The number of amides is 1. The van der Waals surface area contributed by atoms with Gasteiger partial charge in [0.25, 0.3) is 5.91 Å². The number of nitrogens with zero attached hydrogens (tertiary/aromatic N) is 1. The van der Waals surface area contributed by atoms with E-state index in [0.29, 0.717) is 5.88 Å². The summed E-state index contributed by atoms with van der Waals surface area (Å²) in [5.74, 6) is 0.630. The number of hydrogen-bond acceptors (Lipinski definition) is 1. The molecule has 2 nitrogen and oxygen atoms in total. The van der Waals surface area contributed by atoms with Gasteiger partial charge in [0, 0.05) is 28.5 Å². The van der Waals surface area contributed by atoms with Crippen molar-refractivity contribution in [2.75, 3.05) is 12.4 Å². The van der Waals surface area contributed by atoms with Gasteiger partial charge >= 0.3 is 0 Å². The zero-order valence-electron chi connectivity index (χ0n) is 9.75. The van der Waals surface area contributed by atoms with Crippen LogP contribution in [0.3, 0.4) is 0 Å². The second kappa shape index (κ2) is 5.40. The Kier molecular flexibility index (Phi) is 4.10. The van der Waals surface area contributed by atoms with E-state index in [1.165, 1.54) is 0 Å². The first kappa shape index (κ1) is 12.9. The third-order valence-corrected chi connectivity index (χ3v) is 4.47. The van der Waals surface area contributed by atoms with Crippen molar-refractivity contribution in [3.05, 3.63) is 33.8 Å². The fourth-order valence-corrected chi connectivity index (χ4v) is 2.77. The van der Waals surface area contributed by atoms with Crippen molar-refractivity contribution >= 4 is 33.4 Å². The van der Waals surface area contributed by atoms with Crippen molar-refractivity contribution in [3.63, 3.8) is 0 Å². The number of benzene rings is 1. The number of alkyl halides is 1. The van der Waals surface area contributed by atoms with Crippen LogP contribution in [0.5, 0.6) is 0 Å². The molecule has 0 N–H and O–H groups in total. The molecule has 1 fully saturated rings. The van der Waals surface area contributed by atoms with Gasteiger partial charge in [0.05, 0.1) is 0 Å². The lowest BCUT2D eigenvalue weighted by atomic mass is 10.1. The van der Waals surface area contributed by atoms with Gasteiger partial charge in [0.2, 0.25) is 0 Å². The molecule has 4 heteroatoms. The zero-order valence-corrected chi connectivity index (χ0v) is 12.1. The smallest absolute Gasteiger partial charge is 0.254 e. The molecule has 92 valence electrons. The van der Waals surface area contributed by atoms with E-state index in [4.69, 9.17) is 11.6 Å². The van der Waals surface area contributed by atoms with Crippen LogP contribution in [0, 0.1) is 6.92 Å². The van der Waals surface area contributed by atoms with E-state index in [2.05, 4.69) is 15.9 Å². The first-order valence-corrected chi connectivity index (χ1v) is 7.09. The van der Waals surface area contributed by atoms with E-state index in [1.807, 2.05) is 30.0 Å². The van der Waals surface area contributed by atoms with Crippen molar-refractivity contribution in [1.29, 1.82) is 0 Å². The Labute approximate surface area is 115 Å². The van der Waals surface area contributed by atoms with Crippen molar-refractivity contribution in [1.82, 2.24) is 4.90 Å². The fraction of sp³-hybridized carbons (Fsp3) is 0.462. The molecule has 0 bridgehead atoms. The van der Waals surface area contributed by atoms with Crippen molar-refractivity contribution in [3.8, 4) is 0 Å². The lowest BCUT2D eigenvalue weighted by Gasteiger charge is -2.23. The Morgan fingerprint density at radius 3 is 3.00 bits per heavy atom. The standard InChI is InChI=1S/C13H15BrClNO/c1-9-7-10(4-5-12(9)14)13(17)16-6-2-3-11(16)8-15/h4-5,7,11H,2-3,6,8H2,1H3. The van der Waals surface area contributed by atoms with Crippen LogP contribution >= 0.6 is 27.5 Å². The Balaban J connectivity index is 2.21. The maximum Gasteiger partial charge on any atom is 0.254 e. The Bertz CT molecular complexity index is 435. The van der Waals surface area contributed by atoms with Crippen molar-refractivity contribution in [2.45, 2.75) is 25.8 Å². The average molecular weight is 317 g/mol. The van der Waals surface area contributed by atoms with Gasteiger partial charge in [0.1, 0.15) is 0 Å². The van der Waals surface area contributed by atoms with Crippen LogP contribution in [0.4, 0.5) is 0 Å². The lowest BCUT2D eigenvalue weighted by Crippen LogP contribution is -2.36. The molecule has 1 unspecified atom stereocenters.